The number of carbonyl (C=O) groups is 3. The Morgan fingerprint density at radius 1 is 0.973 bits per heavy atom. The predicted molar refractivity (Wildman–Crippen MR) is 144 cm³/mol. The Balaban J connectivity index is 0.00000481. The summed E-state index contributed by atoms with van der Waals surface area (Å²) in [5.74, 6) is 5.74. The van der Waals surface area contributed by atoms with E-state index < -0.39 is 30.1 Å². The van der Waals surface area contributed by atoms with E-state index in [1.54, 1.807) is 31.2 Å². The molecule has 1 N–H and O–H groups in total. The molecule has 194 valence electrons. The zero-order chi connectivity index (χ0) is 26.1. The van der Waals surface area contributed by atoms with Crippen LogP contribution in [-0.2, 0) is 29.5 Å². The maximum Gasteiger partial charge on any atom is 0.254 e. The molecule has 0 aliphatic carbocycles. The lowest BCUT2D eigenvalue weighted by molar-refractivity contribution is -0.134. The number of hydrogen-bond donors (Lipinski definition) is 1. The van der Waals surface area contributed by atoms with E-state index in [-0.39, 0.29) is 13.8 Å². The molecule has 0 saturated carbocycles. The molecule has 7 heteroatoms. The standard InChI is InChI=1S/C29H31N3O4.CH4/c1-4-25(34)28(26(35)20-33)32(3)29(36)24-16-14-23(15-17-24)13-12-22-10-8-21(9-11-22)6-5-7-27-30-18-19-31(27)2;/h8-11,14-19,28,33H,4-7,20H2,1-3H3;1H4. The van der Waals surface area contributed by atoms with Crippen LogP contribution in [-0.4, -0.2) is 56.7 Å². The van der Waals surface area contributed by atoms with Crippen molar-refractivity contribution in [3.63, 3.8) is 0 Å². The Morgan fingerprint density at radius 3 is 2.08 bits per heavy atom. The van der Waals surface area contributed by atoms with Crippen LogP contribution < -0.4 is 0 Å². The summed E-state index contributed by atoms with van der Waals surface area (Å²) in [5.41, 5.74) is 3.21. The van der Waals surface area contributed by atoms with Gasteiger partial charge in [0.2, 0.25) is 0 Å². The predicted octanol–water partition coefficient (Wildman–Crippen LogP) is 3.61. The molecule has 0 aliphatic heterocycles. The fourth-order valence-corrected chi connectivity index (χ4v) is 3.90. The number of hydrogen-bond acceptors (Lipinski definition) is 5. The Bertz CT molecular complexity index is 1250. The van der Waals surface area contributed by atoms with Crippen LogP contribution in [0.4, 0.5) is 0 Å². The van der Waals surface area contributed by atoms with Gasteiger partial charge in [0, 0.05) is 56.0 Å². The first kappa shape index (κ1) is 29.2. The van der Waals surface area contributed by atoms with Crippen molar-refractivity contribution in [1.29, 1.82) is 0 Å². The van der Waals surface area contributed by atoms with Gasteiger partial charge in [-0.2, -0.15) is 0 Å². The molecule has 0 fully saturated rings. The van der Waals surface area contributed by atoms with Gasteiger partial charge >= 0.3 is 0 Å². The third kappa shape index (κ3) is 7.73. The molecule has 7 nitrogen and oxygen atoms in total. The van der Waals surface area contributed by atoms with Gasteiger partial charge in [-0.25, -0.2) is 4.98 Å². The maximum atomic E-state index is 12.8. The summed E-state index contributed by atoms with van der Waals surface area (Å²) in [6.45, 7) is 0.817. The zero-order valence-corrected chi connectivity index (χ0v) is 20.9. The molecule has 0 aliphatic rings. The number of imidazole rings is 1. The number of nitrogens with zero attached hydrogens (tertiary/aromatic N) is 3. The van der Waals surface area contributed by atoms with Gasteiger partial charge in [-0.15, -0.1) is 0 Å². The molecule has 0 spiro atoms. The van der Waals surface area contributed by atoms with Crippen molar-refractivity contribution in [3.05, 3.63) is 89.0 Å². The quantitative estimate of drug-likeness (QED) is 0.338. The van der Waals surface area contributed by atoms with E-state index in [0.29, 0.717) is 5.56 Å². The van der Waals surface area contributed by atoms with E-state index in [2.05, 4.69) is 29.0 Å². The monoisotopic (exact) mass is 501 g/mol. The highest BCUT2D eigenvalue weighted by molar-refractivity contribution is 6.10. The van der Waals surface area contributed by atoms with Crippen molar-refractivity contribution in [2.24, 2.45) is 7.05 Å². The number of carbonyl (C=O) groups excluding carboxylic acids is 3. The van der Waals surface area contributed by atoms with Crippen LogP contribution in [0.3, 0.4) is 0 Å². The topological polar surface area (TPSA) is 92.5 Å². The van der Waals surface area contributed by atoms with Gasteiger partial charge in [-0.3, -0.25) is 14.4 Å². The van der Waals surface area contributed by atoms with Gasteiger partial charge in [-0.05, 0) is 54.8 Å². The average molecular weight is 502 g/mol. The fourth-order valence-electron chi connectivity index (χ4n) is 3.90. The molecule has 1 amide bonds. The van der Waals surface area contributed by atoms with E-state index in [9.17, 15) is 19.5 Å². The molecular weight excluding hydrogens is 466 g/mol. The van der Waals surface area contributed by atoms with E-state index in [4.69, 9.17) is 0 Å². The lowest BCUT2D eigenvalue weighted by Gasteiger charge is -2.25. The van der Waals surface area contributed by atoms with Crippen LogP contribution in [0.1, 0.15) is 60.1 Å². The summed E-state index contributed by atoms with van der Waals surface area (Å²) < 4.78 is 2.04. The molecule has 3 aromatic rings. The van der Waals surface area contributed by atoms with Crippen LogP contribution in [0.5, 0.6) is 0 Å². The number of benzene rings is 2. The molecule has 3 rings (SSSR count). The molecule has 37 heavy (non-hydrogen) atoms. The molecular formula is C30H35N3O4. The Labute approximate surface area is 219 Å². The number of aryl methyl sites for hydroxylation is 3. The SMILES string of the molecule is C.CCC(=O)C(C(=O)CO)N(C)C(=O)c1ccc(C#Cc2ccc(CCCc3nccn3C)cc2)cc1. The first-order chi connectivity index (χ1) is 17.3. The highest BCUT2D eigenvalue weighted by Crippen LogP contribution is 2.12. The first-order valence-electron chi connectivity index (χ1n) is 11.9. The summed E-state index contributed by atoms with van der Waals surface area (Å²) in [7, 11) is 3.40. The first-order valence-corrected chi connectivity index (χ1v) is 11.9. The minimum atomic E-state index is -1.29. The summed E-state index contributed by atoms with van der Waals surface area (Å²) in [6.07, 6.45) is 6.80. The van der Waals surface area contributed by atoms with Crippen molar-refractivity contribution in [2.45, 2.75) is 46.1 Å². The van der Waals surface area contributed by atoms with Gasteiger partial charge in [0.05, 0.1) is 0 Å². The van der Waals surface area contributed by atoms with Crippen molar-refractivity contribution < 1.29 is 19.5 Å². The Kier molecular flexibility index (Phi) is 11.0. The fraction of sp³-hybridized carbons (Fsp3) is 0.333. The molecule has 1 unspecified atom stereocenters. The van der Waals surface area contributed by atoms with Crippen LogP contribution in [0, 0.1) is 11.8 Å². The van der Waals surface area contributed by atoms with E-state index >= 15 is 0 Å². The molecule has 2 aromatic carbocycles. The molecule has 0 saturated heterocycles. The largest absolute Gasteiger partial charge is 0.388 e. The van der Waals surface area contributed by atoms with E-state index in [1.807, 2.05) is 36.1 Å². The summed E-state index contributed by atoms with van der Waals surface area (Å²) in [5, 5.41) is 9.18. The second kappa shape index (κ2) is 13.9. The van der Waals surface area contributed by atoms with Crippen LogP contribution in [0.15, 0.2) is 60.9 Å². The van der Waals surface area contributed by atoms with E-state index in [0.717, 1.165) is 41.1 Å². The van der Waals surface area contributed by atoms with Crippen molar-refractivity contribution >= 4 is 17.5 Å². The van der Waals surface area contributed by atoms with Gasteiger partial charge in [-0.1, -0.05) is 38.3 Å². The number of rotatable bonds is 10. The van der Waals surface area contributed by atoms with Crippen molar-refractivity contribution in [3.8, 4) is 11.8 Å². The highest BCUT2D eigenvalue weighted by atomic mass is 16.3. The molecule has 1 atom stereocenters. The number of aliphatic hydroxyl groups is 1. The van der Waals surface area contributed by atoms with Gasteiger partial charge < -0.3 is 14.6 Å². The van der Waals surface area contributed by atoms with Crippen molar-refractivity contribution in [1.82, 2.24) is 14.5 Å². The summed E-state index contributed by atoms with van der Waals surface area (Å²) in [4.78, 5) is 42.4. The normalized spacial score (nSPS) is 11.0. The van der Waals surface area contributed by atoms with Crippen LogP contribution in [0.25, 0.3) is 0 Å². The molecule has 0 radical (unpaired) electrons. The molecule has 1 heterocycles. The number of Topliss-reactive ketones (excluding diaryl/α,β-unsaturated/α-hetero) is 2. The number of amides is 1. The third-order valence-corrected chi connectivity index (χ3v) is 6.05. The van der Waals surface area contributed by atoms with Crippen LogP contribution >= 0.6 is 0 Å². The number of ketones is 2. The van der Waals surface area contributed by atoms with Crippen LogP contribution in [0.2, 0.25) is 0 Å². The summed E-state index contributed by atoms with van der Waals surface area (Å²) in [6, 6.07) is 13.6. The molecule has 1 aromatic heterocycles. The summed E-state index contributed by atoms with van der Waals surface area (Å²) >= 11 is 0. The van der Waals surface area contributed by atoms with Crippen molar-refractivity contribution in [2.75, 3.05) is 13.7 Å². The maximum absolute atomic E-state index is 12.8. The van der Waals surface area contributed by atoms with Gasteiger partial charge in [0.1, 0.15) is 12.4 Å². The highest BCUT2D eigenvalue weighted by Gasteiger charge is 2.32. The zero-order valence-electron chi connectivity index (χ0n) is 20.9. The number of aliphatic hydroxyl groups excluding tert-OH is 1. The Morgan fingerprint density at radius 2 is 1.57 bits per heavy atom. The molecule has 0 bridgehead atoms. The van der Waals surface area contributed by atoms with Gasteiger partial charge in [0.25, 0.3) is 5.91 Å². The van der Waals surface area contributed by atoms with Gasteiger partial charge in [0.15, 0.2) is 17.6 Å². The Hall–Kier alpha value is -4.02. The van der Waals surface area contributed by atoms with E-state index in [1.165, 1.54) is 12.6 Å². The number of likely N-dealkylation sites (N-methyl/N-ethyl adjacent to an activating group) is 1. The second-order valence-corrected chi connectivity index (χ2v) is 8.60. The lowest BCUT2D eigenvalue weighted by atomic mass is 10.0. The lowest BCUT2D eigenvalue weighted by Crippen LogP contribution is -2.48. The minimum Gasteiger partial charge on any atom is -0.388 e. The number of aromatic nitrogens is 2. The average Bonchev–Trinajstić information content (AvgIpc) is 3.32. The second-order valence-electron chi connectivity index (χ2n) is 8.60. The smallest absolute Gasteiger partial charge is 0.254 e. The minimum absolute atomic E-state index is 0. The third-order valence-electron chi connectivity index (χ3n) is 6.05.